The first-order valence-corrected chi connectivity index (χ1v) is 8.36. The van der Waals surface area contributed by atoms with Crippen LogP contribution in [0.3, 0.4) is 0 Å². The minimum Gasteiger partial charge on any atom is -0.374 e. The predicted molar refractivity (Wildman–Crippen MR) is 81.5 cm³/mol. The number of nitrogens with two attached hydrogens (primary N) is 1. The average Bonchev–Trinajstić information content (AvgIpc) is 2.54. The molecule has 1 heterocycles. The van der Waals surface area contributed by atoms with Crippen LogP contribution in [0.15, 0.2) is 47.4 Å². The minimum absolute atomic E-state index is 0.233. The van der Waals surface area contributed by atoms with Gasteiger partial charge in [-0.2, -0.15) is 4.31 Å². The van der Waals surface area contributed by atoms with Crippen molar-refractivity contribution in [2.75, 3.05) is 26.2 Å². The lowest BCUT2D eigenvalue weighted by atomic mass is 10.1. The van der Waals surface area contributed by atoms with Gasteiger partial charge in [-0.1, -0.05) is 36.4 Å². The second kappa shape index (κ2) is 5.73. The molecule has 5 nitrogen and oxygen atoms in total. The van der Waals surface area contributed by atoms with Crippen molar-refractivity contribution in [2.45, 2.75) is 11.0 Å². The Bertz CT molecular complexity index is 740. The molecule has 112 valence electrons. The van der Waals surface area contributed by atoms with Gasteiger partial charge in [-0.25, -0.2) is 8.42 Å². The van der Waals surface area contributed by atoms with Gasteiger partial charge in [-0.3, -0.25) is 0 Å². The molecule has 1 aliphatic rings. The van der Waals surface area contributed by atoms with Gasteiger partial charge >= 0.3 is 0 Å². The van der Waals surface area contributed by atoms with E-state index in [2.05, 4.69) is 0 Å². The molecular formula is C15H18N2O3S. The number of rotatable bonds is 3. The SMILES string of the molecule is NCC1CN(S(=O)(=O)c2cccc3ccccc23)CCO1. The summed E-state index contributed by atoms with van der Waals surface area (Å²) in [5.41, 5.74) is 5.59. The van der Waals surface area contributed by atoms with Crippen LogP contribution in [0, 0.1) is 0 Å². The van der Waals surface area contributed by atoms with Crippen LogP contribution >= 0.6 is 0 Å². The third-order valence-corrected chi connectivity index (χ3v) is 5.66. The standard InChI is InChI=1S/C15H18N2O3S/c16-10-13-11-17(8-9-20-13)21(18,19)15-7-3-5-12-4-1-2-6-14(12)15/h1-7,13H,8-11,16H2. The number of hydrogen-bond acceptors (Lipinski definition) is 4. The molecule has 2 N–H and O–H groups in total. The van der Waals surface area contributed by atoms with Gasteiger partial charge in [-0.05, 0) is 11.5 Å². The van der Waals surface area contributed by atoms with Crippen molar-refractivity contribution in [3.8, 4) is 0 Å². The van der Waals surface area contributed by atoms with E-state index in [1.807, 2.05) is 30.3 Å². The van der Waals surface area contributed by atoms with Gasteiger partial charge in [0.25, 0.3) is 0 Å². The molecule has 1 unspecified atom stereocenters. The summed E-state index contributed by atoms with van der Waals surface area (Å²) in [5.74, 6) is 0. The smallest absolute Gasteiger partial charge is 0.243 e. The zero-order valence-corrected chi connectivity index (χ0v) is 12.4. The predicted octanol–water partition coefficient (Wildman–Crippen LogP) is 1.19. The van der Waals surface area contributed by atoms with Crippen LogP contribution in [-0.4, -0.2) is 45.1 Å². The van der Waals surface area contributed by atoms with E-state index in [1.165, 1.54) is 4.31 Å². The molecule has 6 heteroatoms. The minimum atomic E-state index is -3.53. The van der Waals surface area contributed by atoms with Crippen molar-refractivity contribution in [3.05, 3.63) is 42.5 Å². The highest BCUT2D eigenvalue weighted by Gasteiger charge is 2.31. The molecule has 2 aromatic rings. The number of hydrogen-bond donors (Lipinski definition) is 1. The van der Waals surface area contributed by atoms with E-state index in [1.54, 1.807) is 12.1 Å². The van der Waals surface area contributed by atoms with Crippen LogP contribution in [0.1, 0.15) is 0 Å². The van der Waals surface area contributed by atoms with E-state index in [9.17, 15) is 8.42 Å². The summed E-state index contributed by atoms with van der Waals surface area (Å²) in [6, 6.07) is 12.8. The second-order valence-corrected chi connectivity index (χ2v) is 6.98. The number of sulfonamides is 1. The summed E-state index contributed by atoms with van der Waals surface area (Å²) in [6.07, 6.45) is -0.233. The molecular weight excluding hydrogens is 288 g/mol. The molecule has 2 aromatic carbocycles. The first-order chi connectivity index (χ1) is 10.1. The van der Waals surface area contributed by atoms with Gasteiger partial charge in [0, 0.05) is 25.0 Å². The maximum atomic E-state index is 12.9. The molecule has 0 amide bonds. The summed E-state index contributed by atoms with van der Waals surface area (Å²) in [6.45, 7) is 1.37. The normalized spacial score (nSPS) is 20.7. The Morgan fingerprint density at radius 3 is 2.76 bits per heavy atom. The maximum absolute atomic E-state index is 12.9. The van der Waals surface area contributed by atoms with Crippen LogP contribution in [0.25, 0.3) is 10.8 Å². The molecule has 1 atom stereocenters. The fourth-order valence-electron chi connectivity index (χ4n) is 2.61. The van der Waals surface area contributed by atoms with Crippen molar-refractivity contribution in [1.82, 2.24) is 4.31 Å². The Hall–Kier alpha value is -1.47. The maximum Gasteiger partial charge on any atom is 0.243 e. The van der Waals surface area contributed by atoms with Gasteiger partial charge in [0.05, 0.1) is 17.6 Å². The molecule has 0 bridgehead atoms. The van der Waals surface area contributed by atoms with E-state index >= 15 is 0 Å². The van der Waals surface area contributed by atoms with Crippen molar-refractivity contribution < 1.29 is 13.2 Å². The quantitative estimate of drug-likeness (QED) is 0.924. The molecule has 0 radical (unpaired) electrons. The van der Waals surface area contributed by atoms with Gasteiger partial charge in [-0.15, -0.1) is 0 Å². The van der Waals surface area contributed by atoms with Crippen LogP contribution < -0.4 is 5.73 Å². The number of fused-ring (bicyclic) bond motifs is 1. The fraction of sp³-hybridized carbons (Fsp3) is 0.333. The largest absolute Gasteiger partial charge is 0.374 e. The Labute approximate surface area is 124 Å². The molecule has 0 aromatic heterocycles. The number of nitrogens with zero attached hydrogens (tertiary/aromatic N) is 1. The van der Waals surface area contributed by atoms with Crippen molar-refractivity contribution >= 4 is 20.8 Å². The van der Waals surface area contributed by atoms with Gasteiger partial charge in [0.1, 0.15) is 0 Å². The summed E-state index contributed by atoms with van der Waals surface area (Å²) in [7, 11) is -3.53. The first kappa shape index (κ1) is 14.5. The molecule has 0 saturated carbocycles. The first-order valence-electron chi connectivity index (χ1n) is 6.92. The molecule has 3 rings (SSSR count). The summed E-state index contributed by atoms with van der Waals surface area (Å²) >= 11 is 0. The Kier molecular flexibility index (Phi) is 3.95. The van der Waals surface area contributed by atoms with Crippen LogP contribution in [0.2, 0.25) is 0 Å². The number of morpholine rings is 1. The zero-order chi connectivity index (χ0) is 14.9. The highest BCUT2D eigenvalue weighted by Crippen LogP contribution is 2.26. The third kappa shape index (κ3) is 2.67. The lowest BCUT2D eigenvalue weighted by Crippen LogP contribution is -2.48. The van der Waals surface area contributed by atoms with Gasteiger partial charge < -0.3 is 10.5 Å². The summed E-state index contributed by atoms with van der Waals surface area (Å²) in [5, 5.41) is 1.66. The summed E-state index contributed by atoms with van der Waals surface area (Å²) < 4.78 is 32.7. The Balaban J connectivity index is 2.04. The van der Waals surface area contributed by atoms with Crippen LogP contribution in [-0.2, 0) is 14.8 Å². The topological polar surface area (TPSA) is 72.6 Å². The van der Waals surface area contributed by atoms with Crippen LogP contribution in [0.5, 0.6) is 0 Å². The Morgan fingerprint density at radius 1 is 1.19 bits per heavy atom. The van der Waals surface area contributed by atoms with Crippen molar-refractivity contribution in [2.24, 2.45) is 5.73 Å². The van der Waals surface area contributed by atoms with Crippen molar-refractivity contribution in [3.63, 3.8) is 0 Å². The molecule has 1 fully saturated rings. The fourth-order valence-corrected chi connectivity index (χ4v) is 4.28. The molecule has 0 spiro atoms. The number of ether oxygens (including phenoxy) is 1. The summed E-state index contributed by atoms with van der Waals surface area (Å²) in [4.78, 5) is 0.346. The lowest BCUT2D eigenvalue weighted by molar-refractivity contribution is 0.00453. The lowest BCUT2D eigenvalue weighted by Gasteiger charge is -2.31. The van der Waals surface area contributed by atoms with E-state index in [-0.39, 0.29) is 6.10 Å². The molecule has 1 saturated heterocycles. The van der Waals surface area contributed by atoms with E-state index in [4.69, 9.17) is 10.5 Å². The molecule has 0 aliphatic carbocycles. The van der Waals surface area contributed by atoms with E-state index in [0.29, 0.717) is 31.1 Å². The monoisotopic (exact) mass is 306 g/mol. The van der Waals surface area contributed by atoms with Gasteiger partial charge in [0.2, 0.25) is 10.0 Å². The van der Waals surface area contributed by atoms with Gasteiger partial charge in [0.15, 0.2) is 0 Å². The molecule has 1 aliphatic heterocycles. The Morgan fingerprint density at radius 2 is 1.95 bits per heavy atom. The van der Waals surface area contributed by atoms with Crippen molar-refractivity contribution in [1.29, 1.82) is 0 Å². The molecule has 21 heavy (non-hydrogen) atoms. The average molecular weight is 306 g/mol. The van der Waals surface area contributed by atoms with E-state index < -0.39 is 10.0 Å². The second-order valence-electron chi connectivity index (χ2n) is 5.07. The third-order valence-electron chi connectivity index (χ3n) is 3.73. The van der Waals surface area contributed by atoms with Crippen LogP contribution in [0.4, 0.5) is 0 Å². The van der Waals surface area contributed by atoms with E-state index in [0.717, 1.165) is 10.8 Å². The highest BCUT2D eigenvalue weighted by atomic mass is 32.2. The highest BCUT2D eigenvalue weighted by molar-refractivity contribution is 7.89. The zero-order valence-electron chi connectivity index (χ0n) is 11.6. The number of benzene rings is 2.